The number of benzene rings is 1. The molecular weight excluding hydrogens is 350 g/mol. The summed E-state index contributed by atoms with van der Waals surface area (Å²) >= 11 is 7.11. The molecule has 0 saturated carbocycles. The fourth-order valence-corrected chi connectivity index (χ4v) is 2.76. The number of hydrogen-bond donors (Lipinski definition) is 1. The standard InChI is InChI=1S/C16H14ClN3O3S/c1-9-3-4-11(17)7-13(9)18-14(21)8-24-16-20-19-15(23-16)12-5-6-22-10(12)2/h3-7H,8H2,1-2H3,(H,18,21). The van der Waals surface area contributed by atoms with E-state index >= 15 is 0 Å². The smallest absolute Gasteiger partial charge is 0.277 e. The van der Waals surface area contributed by atoms with E-state index in [-0.39, 0.29) is 11.7 Å². The van der Waals surface area contributed by atoms with Crippen molar-refractivity contribution in [1.29, 1.82) is 0 Å². The Morgan fingerprint density at radius 3 is 2.88 bits per heavy atom. The fraction of sp³-hybridized carbons (Fsp3) is 0.188. The van der Waals surface area contributed by atoms with Crippen LogP contribution < -0.4 is 5.32 Å². The number of carbonyl (C=O) groups excluding carboxylic acids is 1. The quantitative estimate of drug-likeness (QED) is 0.679. The molecule has 0 atom stereocenters. The summed E-state index contributed by atoms with van der Waals surface area (Å²) in [5.74, 6) is 1.04. The highest BCUT2D eigenvalue weighted by Crippen LogP contribution is 2.26. The molecule has 3 rings (SSSR count). The van der Waals surface area contributed by atoms with Crippen LogP contribution in [0.3, 0.4) is 0 Å². The van der Waals surface area contributed by atoms with Gasteiger partial charge in [0.1, 0.15) is 5.76 Å². The predicted octanol–water partition coefficient (Wildman–Crippen LogP) is 4.33. The SMILES string of the molecule is Cc1ccc(Cl)cc1NC(=O)CSc1nnc(-c2ccoc2C)o1. The maximum absolute atomic E-state index is 12.1. The first kappa shape index (κ1) is 16.6. The van der Waals surface area contributed by atoms with Gasteiger partial charge in [-0.1, -0.05) is 29.4 Å². The molecular formula is C16H14ClN3O3S. The summed E-state index contributed by atoms with van der Waals surface area (Å²) in [6, 6.07) is 7.10. The Hall–Kier alpha value is -2.25. The first-order valence-electron chi connectivity index (χ1n) is 7.09. The van der Waals surface area contributed by atoms with Crippen molar-refractivity contribution >= 4 is 35.0 Å². The molecule has 0 fully saturated rings. The number of carbonyl (C=O) groups is 1. The van der Waals surface area contributed by atoms with E-state index in [1.807, 2.05) is 19.9 Å². The average Bonchev–Trinajstić information content (AvgIpc) is 3.17. The van der Waals surface area contributed by atoms with E-state index in [0.717, 1.165) is 11.1 Å². The molecule has 1 N–H and O–H groups in total. The molecule has 3 aromatic rings. The highest BCUT2D eigenvalue weighted by molar-refractivity contribution is 7.99. The molecule has 8 heteroatoms. The van der Waals surface area contributed by atoms with Gasteiger partial charge in [0.25, 0.3) is 11.1 Å². The maximum atomic E-state index is 12.1. The van der Waals surface area contributed by atoms with Gasteiger partial charge < -0.3 is 14.2 Å². The Bertz CT molecular complexity index is 875. The molecule has 0 spiro atoms. The lowest BCUT2D eigenvalue weighted by Gasteiger charge is -2.07. The van der Waals surface area contributed by atoms with Crippen molar-refractivity contribution in [2.75, 3.05) is 11.1 Å². The summed E-state index contributed by atoms with van der Waals surface area (Å²) in [5.41, 5.74) is 2.37. The number of anilines is 1. The molecule has 24 heavy (non-hydrogen) atoms. The second-order valence-electron chi connectivity index (χ2n) is 5.06. The summed E-state index contributed by atoms with van der Waals surface area (Å²) in [7, 11) is 0. The van der Waals surface area contributed by atoms with E-state index in [1.54, 1.807) is 24.5 Å². The zero-order valence-electron chi connectivity index (χ0n) is 13.0. The van der Waals surface area contributed by atoms with Gasteiger partial charge in [0, 0.05) is 10.7 Å². The normalized spacial score (nSPS) is 10.8. The monoisotopic (exact) mass is 363 g/mol. The van der Waals surface area contributed by atoms with Gasteiger partial charge in [0.05, 0.1) is 17.6 Å². The molecule has 2 heterocycles. The summed E-state index contributed by atoms with van der Waals surface area (Å²) in [5, 5.41) is 11.6. The van der Waals surface area contributed by atoms with E-state index in [0.29, 0.717) is 27.6 Å². The topological polar surface area (TPSA) is 81.2 Å². The lowest BCUT2D eigenvalue weighted by Crippen LogP contribution is -2.14. The van der Waals surface area contributed by atoms with Crippen molar-refractivity contribution in [3.8, 4) is 11.5 Å². The number of aromatic nitrogens is 2. The van der Waals surface area contributed by atoms with Crippen molar-refractivity contribution in [2.45, 2.75) is 19.1 Å². The van der Waals surface area contributed by atoms with E-state index in [1.165, 1.54) is 11.8 Å². The van der Waals surface area contributed by atoms with Crippen LogP contribution in [0.4, 0.5) is 5.69 Å². The van der Waals surface area contributed by atoms with Gasteiger partial charge in [-0.05, 0) is 37.6 Å². The highest BCUT2D eigenvalue weighted by Gasteiger charge is 2.14. The van der Waals surface area contributed by atoms with Gasteiger partial charge in [-0.3, -0.25) is 4.79 Å². The summed E-state index contributed by atoms with van der Waals surface area (Å²) in [4.78, 5) is 12.1. The van der Waals surface area contributed by atoms with Crippen molar-refractivity contribution in [1.82, 2.24) is 10.2 Å². The average molecular weight is 364 g/mol. The molecule has 0 bridgehead atoms. The van der Waals surface area contributed by atoms with Gasteiger partial charge >= 0.3 is 0 Å². The molecule has 0 aliphatic carbocycles. The molecule has 2 aromatic heterocycles. The van der Waals surface area contributed by atoms with Crippen molar-refractivity contribution in [2.24, 2.45) is 0 Å². The molecule has 0 saturated heterocycles. The molecule has 1 amide bonds. The van der Waals surface area contributed by atoms with Gasteiger partial charge in [-0.15, -0.1) is 10.2 Å². The summed E-state index contributed by atoms with van der Waals surface area (Å²) < 4.78 is 10.7. The predicted molar refractivity (Wildman–Crippen MR) is 92.3 cm³/mol. The second-order valence-corrected chi connectivity index (χ2v) is 6.42. The minimum Gasteiger partial charge on any atom is -0.469 e. The first-order valence-corrected chi connectivity index (χ1v) is 8.46. The maximum Gasteiger partial charge on any atom is 0.277 e. The Balaban J connectivity index is 1.60. The lowest BCUT2D eigenvalue weighted by molar-refractivity contribution is -0.113. The number of hydrogen-bond acceptors (Lipinski definition) is 6. The van der Waals surface area contributed by atoms with Crippen LogP contribution >= 0.6 is 23.4 Å². The fourth-order valence-electron chi connectivity index (χ4n) is 2.03. The third kappa shape index (κ3) is 3.80. The number of nitrogens with zero attached hydrogens (tertiary/aromatic N) is 2. The summed E-state index contributed by atoms with van der Waals surface area (Å²) in [6.07, 6.45) is 1.56. The molecule has 0 unspecified atom stereocenters. The van der Waals surface area contributed by atoms with Crippen LogP contribution in [-0.4, -0.2) is 21.9 Å². The third-order valence-corrected chi connectivity index (χ3v) is 4.35. The lowest BCUT2D eigenvalue weighted by atomic mass is 10.2. The van der Waals surface area contributed by atoms with Crippen molar-refractivity contribution < 1.29 is 13.6 Å². The Kier molecular flexibility index (Phi) is 4.92. The molecule has 1 aromatic carbocycles. The van der Waals surface area contributed by atoms with Crippen LogP contribution in [-0.2, 0) is 4.79 Å². The van der Waals surface area contributed by atoms with Crippen LogP contribution in [0.25, 0.3) is 11.5 Å². The molecule has 124 valence electrons. The zero-order valence-corrected chi connectivity index (χ0v) is 14.6. The largest absolute Gasteiger partial charge is 0.469 e. The number of amides is 1. The number of thioether (sulfide) groups is 1. The van der Waals surface area contributed by atoms with Gasteiger partial charge in [-0.25, -0.2) is 0 Å². The molecule has 0 aliphatic heterocycles. The van der Waals surface area contributed by atoms with Crippen LogP contribution in [0, 0.1) is 13.8 Å². The molecule has 0 radical (unpaired) electrons. The number of halogens is 1. The van der Waals surface area contributed by atoms with Gasteiger partial charge in [0.2, 0.25) is 5.91 Å². The summed E-state index contributed by atoms with van der Waals surface area (Å²) in [6.45, 7) is 3.71. The van der Waals surface area contributed by atoms with Gasteiger partial charge in [0.15, 0.2) is 0 Å². The second kappa shape index (κ2) is 7.11. The number of nitrogens with one attached hydrogen (secondary N) is 1. The number of aryl methyl sites for hydroxylation is 2. The van der Waals surface area contributed by atoms with Crippen LogP contribution in [0.1, 0.15) is 11.3 Å². The minimum atomic E-state index is -0.176. The minimum absolute atomic E-state index is 0.151. The zero-order chi connectivity index (χ0) is 17.1. The molecule has 0 aliphatic rings. The van der Waals surface area contributed by atoms with E-state index in [4.69, 9.17) is 20.4 Å². The van der Waals surface area contributed by atoms with Crippen LogP contribution in [0.5, 0.6) is 0 Å². The van der Waals surface area contributed by atoms with E-state index in [2.05, 4.69) is 15.5 Å². The third-order valence-electron chi connectivity index (χ3n) is 3.30. The first-order chi connectivity index (χ1) is 11.5. The van der Waals surface area contributed by atoms with Gasteiger partial charge in [-0.2, -0.15) is 0 Å². The van der Waals surface area contributed by atoms with Crippen LogP contribution in [0.2, 0.25) is 5.02 Å². The van der Waals surface area contributed by atoms with E-state index in [9.17, 15) is 4.79 Å². The molecule has 6 nitrogen and oxygen atoms in total. The Labute approximate surface area is 147 Å². The van der Waals surface area contributed by atoms with E-state index < -0.39 is 0 Å². The number of rotatable bonds is 5. The highest BCUT2D eigenvalue weighted by atomic mass is 35.5. The Morgan fingerprint density at radius 1 is 1.29 bits per heavy atom. The number of furan rings is 1. The van der Waals surface area contributed by atoms with Crippen molar-refractivity contribution in [3.63, 3.8) is 0 Å². The van der Waals surface area contributed by atoms with Crippen LogP contribution in [0.15, 0.2) is 44.6 Å². The van der Waals surface area contributed by atoms with Crippen molar-refractivity contribution in [3.05, 3.63) is 46.9 Å². The Morgan fingerprint density at radius 2 is 2.12 bits per heavy atom.